The maximum atomic E-state index is 6.74. The molecule has 5 aromatic rings. The second kappa shape index (κ2) is 7.25. The first-order valence-corrected chi connectivity index (χ1v) is 11.8. The molecule has 4 heterocycles. The number of rotatable bonds is 4. The maximum absolute atomic E-state index is 6.74. The van der Waals surface area contributed by atoms with Crippen LogP contribution in [0.3, 0.4) is 0 Å². The van der Waals surface area contributed by atoms with E-state index < -0.39 is 0 Å². The van der Waals surface area contributed by atoms with Crippen LogP contribution in [0.25, 0.3) is 33.3 Å². The summed E-state index contributed by atoms with van der Waals surface area (Å²) < 4.78 is 8.17. The second-order valence-electron chi connectivity index (χ2n) is 9.48. The fraction of sp³-hybridized carbons (Fsp3) is 0.280. The van der Waals surface area contributed by atoms with Gasteiger partial charge in [-0.25, -0.2) is 9.97 Å². The largest absolute Gasteiger partial charge is 0.456 e. The summed E-state index contributed by atoms with van der Waals surface area (Å²) in [5, 5.41) is 8.42. The number of halogens is 1. The average Bonchev–Trinajstić information content (AvgIpc) is 3.39. The van der Waals surface area contributed by atoms with Crippen molar-refractivity contribution in [3.05, 3.63) is 59.8 Å². The molecule has 0 bridgehead atoms. The van der Waals surface area contributed by atoms with Crippen molar-refractivity contribution in [3.8, 4) is 22.8 Å². The molecule has 1 aliphatic heterocycles. The normalized spacial score (nSPS) is 17.2. The monoisotopic (exact) mass is 471 g/mol. The summed E-state index contributed by atoms with van der Waals surface area (Å²) in [6.07, 6.45) is 8.06. The molecule has 8 nitrogen and oxygen atoms in total. The molecule has 1 saturated carbocycles. The van der Waals surface area contributed by atoms with Gasteiger partial charge in [0.25, 0.3) is 0 Å². The molecule has 1 saturated heterocycles. The number of aryl methyl sites for hydroxylation is 1. The van der Waals surface area contributed by atoms with Gasteiger partial charge in [0.05, 0.1) is 40.7 Å². The van der Waals surface area contributed by atoms with E-state index in [2.05, 4.69) is 36.2 Å². The Labute approximate surface area is 200 Å². The van der Waals surface area contributed by atoms with Gasteiger partial charge in [-0.05, 0) is 49.4 Å². The van der Waals surface area contributed by atoms with E-state index in [1.807, 2.05) is 43.5 Å². The molecule has 7 rings (SSSR count). The molecular weight excluding hydrogens is 450 g/mol. The predicted molar refractivity (Wildman–Crippen MR) is 130 cm³/mol. The minimum absolute atomic E-state index is 0.429. The number of ether oxygens (including phenoxy) is 1. The lowest BCUT2D eigenvalue weighted by Gasteiger charge is -2.54. The van der Waals surface area contributed by atoms with Crippen LogP contribution in [-0.2, 0) is 0 Å². The molecule has 2 aliphatic rings. The molecule has 1 spiro atoms. The van der Waals surface area contributed by atoms with Gasteiger partial charge in [-0.1, -0.05) is 11.6 Å². The first-order valence-electron chi connectivity index (χ1n) is 11.4. The van der Waals surface area contributed by atoms with Crippen molar-refractivity contribution in [2.45, 2.75) is 25.8 Å². The summed E-state index contributed by atoms with van der Waals surface area (Å²) >= 11 is 6.74. The van der Waals surface area contributed by atoms with E-state index in [0.29, 0.717) is 39.0 Å². The van der Waals surface area contributed by atoms with E-state index in [-0.39, 0.29) is 0 Å². The van der Waals surface area contributed by atoms with Gasteiger partial charge in [0.2, 0.25) is 0 Å². The molecule has 0 amide bonds. The van der Waals surface area contributed by atoms with Gasteiger partial charge < -0.3 is 15.0 Å². The van der Waals surface area contributed by atoms with Gasteiger partial charge in [0, 0.05) is 30.9 Å². The average molecular weight is 472 g/mol. The molecule has 0 unspecified atom stereocenters. The SMILES string of the molecule is Cc1nc2ccc(Oc3ccc4ncc(-c5cnn(C6CC7(CNC7)C6)c5)nc4c3Cl)cc2[nH]1. The zero-order chi connectivity index (χ0) is 22.9. The van der Waals surface area contributed by atoms with Gasteiger partial charge in [0.1, 0.15) is 27.9 Å². The number of aromatic nitrogens is 6. The highest BCUT2D eigenvalue weighted by molar-refractivity contribution is 6.36. The highest BCUT2D eigenvalue weighted by atomic mass is 35.5. The van der Waals surface area contributed by atoms with Crippen molar-refractivity contribution in [1.82, 2.24) is 35.0 Å². The number of fused-ring (bicyclic) bond motifs is 2. The van der Waals surface area contributed by atoms with Crippen molar-refractivity contribution in [1.29, 1.82) is 0 Å². The summed E-state index contributed by atoms with van der Waals surface area (Å²) in [5.74, 6) is 2.06. The van der Waals surface area contributed by atoms with Crippen LogP contribution in [0.1, 0.15) is 24.7 Å². The third-order valence-electron chi connectivity index (χ3n) is 7.03. The summed E-state index contributed by atoms with van der Waals surface area (Å²) in [6, 6.07) is 9.87. The fourth-order valence-corrected chi connectivity index (χ4v) is 5.36. The molecule has 9 heteroatoms. The van der Waals surface area contributed by atoms with Crippen LogP contribution in [0, 0.1) is 12.3 Å². The Bertz CT molecular complexity index is 1560. The first kappa shape index (κ1) is 19.9. The number of nitrogens with one attached hydrogen (secondary N) is 2. The lowest BCUT2D eigenvalue weighted by atomic mass is 9.62. The second-order valence-corrected chi connectivity index (χ2v) is 9.86. The van der Waals surface area contributed by atoms with Gasteiger partial charge in [-0.2, -0.15) is 5.10 Å². The Hall–Kier alpha value is -3.49. The Morgan fingerprint density at radius 2 is 1.94 bits per heavy atom. The van der Waals surface area contributed by atoms with Crippen molar-refractivity contribution >= 4 is 33.7 Å². The molecule has 2 N–H and O–H groups in total. The molecule has 2 fully saturated rings. The molecule has 3 aromatic heterocycles. The summed E-state index contributed by atoms with van der Waals surface area (Å²) in [4.78, 5) is 17.1. The lowest BCUT2D eigenvalue weighted by Crippen LogP contribution is -2.60. The van der Waals surface area contributed by atoms with Gasteiger partial charge >= 0.3 is 0 Å². The number of aromatic amines is 1. The van der Waals surface area contributed by atoms with Crippen LogP contribution in [0.5, 0.6) is 11.5 Å². The van der Waals surface area contributed by atoms with Crippen LogP contribution in [0.15, 0.2) is 48.9 Å². The minimum Gasteiger partial charge on any atom is -0.456 e. The fourth-order valence-electron chi connectivity index (χ4n) is 5.12. The molecular formula is C25H22ClN7O. The lowest BCUT2D eigenvalue weighted by molar-refractivity contribution is 0.00238. The van der Waals surface area contributed by atoms with E-state index in [0.717, 1.165) is 41.2 Å². The Morgan fingerprint density at radius 3 is 2.76 bits per heavy atom. The Morgan fingerprint density at radius 1 is 1.09 bits per heavy atom. The highest BCUT2D eigenvalue weighted by Gasteiger charge is 2.49. The third kappa shape index (κ3) is 3.17. The standard InChI is InChI=1S/C25H22ClN7O/c1-14-30-18-3-2-17(6-20(18)31-14)34-22-5-4-19-24(23(22)26)32-21(10-28-19)15-9-29-33(11-15)16-7-25(8-16)12-27-13-25/h2-6,9-11,16,27H,7-8,12-13H2,1H3,(H,30,31). The van der Waals surface area contributed by atoms with Crippen molar-refractivity contribution in [3.63, 3.8) is 0 Å². The van der Waals surface area contributed by atoms with Crippen LogP contribution >= 0.6 is 11.6 Å². The van der Waals surface area contributed by atoms with Crippen LogP contribution in [0.2, 0.25) is 5.02 Å². The molecule has 2 aromatic carbocycles. The summed E-state index contributed by atoms with van der Waals surface area (Å²) in [5.41, 5.74) is 5.31. The molecule has 0 atom stereocenters. The Kier molecular flexibility index (Phi) is 4.25. The zero-order valence-corrected chi connectivity index (χ0v) is 19.3. The van der Waals surface area contributed by atoms with Gasteiger partial charge in [-0.15, -0.1) is 0 Å². The number of H-pyrrole nitrogens is 1. The number of benzene rings is 2. The number of nitrogens with zero attached hydrogens (tertiary/aromatic N) is 5. The number of hydrogen-bond acceptors (Lipinski definition) is 6. The smallest absolute Gasteiger partial charge is 0.148 e. The van der Waals surface area contributed by atoms with Crippen LogP contribution in [-0.4, -0.2) is 42.8 Å². The topological polar surface area (TPSA) is 93.5 Å². The zero-order valence-electron chi connectivity index (χ0n) is 18.5. The van der Waals surface area contributed by atoms with E-state index in [9.17, 15) is 0 Å². The third-order valence-corrected chi connectivity index (χ3v) is 7.39. The van der Waals surface area contributed by atoms with Crippen molar-refractivity contribution in [2.75, 3.05) is 13.1 Å². The van der Waals surface area contributed by atoms with Crippen LogP contribution in [0.4, 0.5) is 0 Å². The highest BCUT2D eigenvalue weighted by Crippen LogP contribution is 2.50. The summed E-state index contributed by atoms with van der Waals surface area (Å²) in [6.45, 7) is 4.19. The Balaban J connectivity index is 1.18. The maximum Gasteiger partial charge on any atom is 0.148 e. The van der Waals surface area contributed by atoms with Gasteiger partial charge in [0.15, 0.2) is 0 Å². The molecule has 0 radical (unpaired) electrons. The van der Waals surface area contributed by atoms with Crippen molar-refractivity contribution in [2.24, 2.45) is 5.41 Å². The van der Waals surface area contributed by atoms with E-state index in [1.165, 1.54) is 12.8 Å². The predicted octanol–water partition coefficient (Wildman–Crippen LogP) is 5.05. The molecule has 170 valence electrons. The minimum atomic E-state index is 0.429. The van der Waals surface area contributed by atoms with Gasteiger partial charge in [-0.3, -0.25) is 9.67 Å². The quantitative estimate of drug-likeness (QED) is 0.381. The summed E-state index contributed by atoms with van der Waals surface area (Å²) in [7, 11) is 0. The number of imidazole rings is 1. The number of hydrogen-bond donors (Lipinski definition) is 2. The van der Waals surface area contributed by atoms with E-state index in [1.54, 1.807) is 6.20 Å². The van der Waals surface area contributed by atoms with Crippen LogP contribution < -0.4 is 10.1 Å². The molecule has 1 aliphatic carbocycles. The molecule has 34 heavy (non-hydrogen) atoms. The van der Waals surface area contributed by atoms with E-state index >= 15 is 0 Å². The first-order chi connectivity index (χ1) is 16.6. The van der Waals surface area contributed by atoms with E-state index in [4.69, 9.17) is 21.3 Å². The van der Waals surface area contributed by atoms with Crippen molar-refractivity contribution < 1.29 is 4.74 Å².